The molecule has 0 aliphatic heterocycles. The number of amidine groups is 1. The molecule has 3 nitrogen and oxygen atoms in total. The lowest BCUT2D eigenvalue weighted by molar-refractivity contribution is 0.297. The van der Waals surface area contributed by atoms with Crippen LogP contribution in [-0.2, 0) is 0 Å². The zero-order valence-corrected chi connectivity index (χ0v) is 12.4. The molecule has 0 heterocycles. The van der Waals surface area contributed by atoms with E-state index in [2.05, 4.69) is 9.89 Å². The second-order valence-corrected chi connectivity index (χ2v) is 5.42. The summed E-state index contributed by atoms with van der Waals surface area (Å²) in [6.07, 6.45) is 9.95. The fourth-order valence-corrected chi connectivity index (χ4v) is 2.44. The molecule has 0 aromatic carbocycles. The van der Waals surface area contributed by atoms with E-state index in [0.29, 0.717) is 11.9 Å². The molecule has 0 unspecified atom stereocenters. The fraction of sp³-hybridized carbons (Fsp3) is 0.643. The molecule has 0 saturated heterocycles. The summed E-state index contributed by atoms with van der Waals surface area (Å²) < 4.78 is 0. The second-order valence-electron chi connectivity index (χ2n) is 4.81. The summed E-state index contributed by atoms with van der Waals surface area (Å²) in [5, 5.41) is 7.95. The summed E-state index contributed by atoms with van der Waals surface area (Å²) in [5.74, 6) is 0.583. The first-order chi connectivity index (χ1) is 8.56. The molecule has 1 aliphatic rings. The van der Waals surface area contributed by atoms with Gasteiger partial charge in [-0.05, 0) is 26.7 Å². The van der Waals surface area contributed by atoms with E-state index in [0.717, 1.165) is 10.4 Å². The van der Waals surface area contributed by atoms with Crippen LogP contribution in [0.5, 0.6) is 0 Å². The Balaban J connectivity index is 2.92. The zero-order valence-electron chi connectivity index (χ0n) is 11.6. The average Bonchev–Trinajstić information content (AvgIpc) is 2.34. The van der Waals surface area contributed by atoms with E-state index in [4.69, 9.17) is 17.6 Å². The quantitative estimate of drug-likeness (QED) is 0.365. The minimum atomic E-state index is 0.450. The minimum Gasteiger partial charge on any atom is -0.333 e. The predicted octanol–water partition coefficient (Wildman–Crippen LogP) is 3.59. The Hall–Kier alpha value is -1.03. The Morgan fingerprint density at radius 3 is 2.33 bits per heavy atom. The molecule has 0 atom stereocenters. The highest BCUT2D eigenvalue weighted by atomic mass is 32.1. The Kier molecular flexibility index (Phi) is 6.19. The molecule has 1 fully saturated rings. The molecule has 100 valence electrons. The van der Waals surface area contributed by atoms with Gasteiger partial charge in [0.25, 0.3) is 0 Å². The smallest absolute Gasteiger partial charge is 0.0968 e. The van der Waals surface area contributed by atoms with Crippen LogP contribution in [0.15, 0.2) is 16.8 Å². The number of nitrogens with one attached hydrogen (secondary N) is 1. The maximum absolute atomic E-state index is 7.95. The highest BCUT2D eigenvalue weighted by Gasteiger charge is 2.20. The molecule has 0 amide bonds. The van der Waals surface area contributed by atoms with E-state index in [9.17, 15) is 0 Å². The maximum Gasteiger partial charge on any atom is 0.0968 e. The van der Waals surface area contributed by atoms with Gasteiger partial charge in [0.05, 0.1) is 5.84 Å². The Morgan fingerprint density at radius 1 is 1.28 bits per heavy atom. The lowest BCUT2D eigenvalue weighted by atomic mass is 9.94. The molecule has 1 saturated carbocycles. The van der Waals surface area contributed by atoms with E-state index < -0.39 is 0 Å². The van der Waals surface area contributed by atoms with Gasteiger partial charge in [0, 0.05) is 35.9 Å². The number of allylic oxidation sites excluding steroid dienone is 1. The number of hydrogen-bond acceptors (Lipinski definition) is 3. The summed E-state index contributed by atoms with van der Waals surface area (Å²) in [7, 11) is 1.74. The van der Waals surface area contributed by atoms with Crippen LogP contribution >= 0.6 is 12.2 Å². The van der Waals surface area contributed by atoms with Gasteiger partial charge in [-0.25, -0.2) is 0 Å². The molecule has 1 rings (SSSR count). The van der Waals surface area contributed by atoms with Crippen molar-refractivity contribution in [3.05, 3.63) is 11.8 Å². The first-order valence-corrected chi connectivity index (χ1v) is 6.95. The Morgan fingerprint density at radius 2 is 1.89 bits per heavy atom. The molecule has 0 aromatic rings. The van der Waals surface area contributed by atoms with E-state index in [1.807, 2.05) is 20.0 Å². The van der Waals surface area contributed by atoms with Gasteiger partial charge in [0.2, 0.25) is 0 Å². The van der Waals surface area contributed by atoms with Gasteiger partial charge in [-0.2, -0.15) is 0 Å². The van der Waals surface area contributed by atoms with Crippen molar-refractivity contribution in [1.29, 1.82) is 5.41 Å². The molecule has 0 spiro atoms. The van der Waals surface area contributed by atoms with Crippen molar-refractivity contribution in [3.8, 4) is 0 Å². The summed E-state index contributed by atoms with van der Waals surface area (Å²) in [6, 6.07) is 0.450. The summed E-state index contributed by atoms with van der Waals surface area (Å²) in [5.41, 5.74) is 0.935. The van der Waals surface area contributed by atoms with Crippen molar-refractivity contribution >= 4 is 29.1 Å². The van der Waals surface area contributed by atoms with E-state index in [1.54, 1.807) is 13.3 Å². The van der Waals surface area contributed by atoms with Gasteiger partial charge in [0.1, 0.15) is 0 Å². The van der Waals surface area contributed by atoms with Gasteiger partial charge in [0.15, 0.2) is 0 Å². The van der Waals surface area contributed by atoms with Crippen LogP contribution in [0.25, 0.3) is 0 Å². The highest BCUT2D eigenvalue weighted by Crippen LogP contribution is 2.23. The molecular weight excluding hydrogens is 242 g/mol. The third-order valence-electron chi connectivity index (χ3n) is 3.31. The molecule has 1 N–H and O–H groups in total. The number of hydrogen-bond donors (Lipinski definition) is 1. The monoisotopic (exact) mass is 265 g/mol. The van der Waals surface area contributed by atoms with E-state index in [-0.39, 0.29) is 0 Å². The standard InChI is InChI=1S/C14H23N3S/c1-11(18)13(9-16-3)10-17(12(2)15)14-7-5-4-6-8-14/h9-10,14-15H,4-8H2,1-3H3/b13-10+,15-12?,16-9+. The van der Waals surface area contributed by atoms with Gasteiger partial charge >= 0.3 is 0 Å². The summed E-state index contributed by atoms with van der Waals surface area (Å²) in [6.45, 7) is 3.74. The highest BCUT2D eigenvalue weighted by molar-refractivity contribution is 7.80. The summed E-state index contributed by atoms with van der Waals surface area (Å²) in [4.78, 5) is 6.92. The topological polar surface area (TPSA) is 39.5 Å². The van der Waals surface area contributed by atoms with Crippen LogP contribution in [0, 0.1) is 5.41 Å². The molecular formula is C14H23N3S. The first-order valence-electron chi connectivity index (χ1n) is 6.54. The lowest BCUT2D eigenvalue weighted by Gasteiger charge is -2.33. The van der Waals surface area contributed by atoms with Crippen LogP contribution in [-0.4, -0.2) is 34.9 Å². The van der Waals surface area contributed by atoms with Gasteiger partial charge in [-0.15, -0.1) is 0 Å². The van der Waals surface area contributed by atoms with Crippen LogP contribution in [0.1, 0.15) is 46.0 Å². The fourth-order valence-electron chi connectivity index (χ4n) is 2.34. The zero-order chi connectivity index (χ0) is 13.5. The molecule has 0 bridgehead atoms. The third-order valence-corrected chi connectivity index (χ3v) is 3.54. The molecule has 0 radical (unpaired) electrons. The van der Waals surface area contributed by atoms with Crippen LogP contribution in [0.4, 0.5) is 0 Å². The van der Waals surface area contributed by atoms with E-state index >= 15 is 0 Å². The Bertz CT molecular complexity index is 365. The van der Waals surface area contributed by atoms with Crippen LogP contribution in [0.2, 0.25) is 0 Å². The third kappa shape index (κ3) is 4.33. The van der Waals surface area contributed by atoms with Crippen molar-refractivity contribution in [2.24, 2.45) is 4.99 Å². The minimum absolute atomic E-state index is 0.450. The molecule has 4 heteroatoms. The number of thiocarbonyl (C=S) groups is 1. The largest absolute Gasteiger partial charge is 0.333 e. The summed E-state index contributed by atoms with van der Waals surface area (Å²) >= 11 is 5.23. The van der Waals surface area contributed by atoms with Crippen molar-refractivity contribution in [2.45, 2.75) is 52.0 Å². The van der Waals surface area contributed by atoms with Crippen molar-refractivity contribution < 1.29 is 0 Å². The molecule has 18 heavy (non-hydrogen) atoms. The first kappa shape index (κ1) is 15.0. The van der Waals surface area contributed by atoms with Crippen molar-refractivity contribution in [2.75, 3.05) is 7.05 Å². The van der Waals surface area contributed by atoms with Gasteiger partial charge in [-0.3, -0.25) is 10.4 Å². The number of rotatable bonds is 4. The maximum atomic E-state index is 7.95. The predicted molar refractivity (Wildman–Crippen MR) is 82.9 cm³/mol. The Labute approximate surface area is 115 Å². The van der Waals surface area contributed by atoms with Crippen LogP contribution < -0.4 is 0 Å². The van der Waals surface area contributed by atoms with Crippen LogP contribution in [0.3, 0.4) is 0 Å². The number of nitrogens with zero attached hydrogens (tertiary/aromatic N) is 2. The van der Waals surface area contributed by atoms with Crippen molar-refractivity contribution in [3.63, 3.8) is 0 Å². The second kappa shape index (κ2) is 7.41. The normalized spacial score (nSPS) is 18.1. The molecule has 0 aromatic heterocycles. The van der Waals surface area contributed by atoms with Gasteiger partial charge < -0.3 is 4.90 Å². The molecule has 1 aliphatic carbocycles. The van der Waals surface area contributed by atoms with E-state index in [1.165, 1.54) is 32.1 Å². The SMILES string of the molecule is C/N=C/C(=C\N(C(C)=N)C1CCCCC1)C(C)=S. The average molecular weight is 265 g/mol. The van der Waals surface area contributed by atoms with Crippen molar-refractivity contribution in [1.82, 2.24) is 4.90 Å². The van der Waals surface area contributed by atoms with Gasteiger partial charge in [-0.1, -0.05) is 31.5 Å². The lowest BCUT2D eigenvalue weighted by Crippen LogP contribution is -2.36. The number of aliphatic imine (C=N–C) groups is 1.